The standard InChI is InChI=1S/C7H4NOS/c1-2-7(10-5-1)6-3-4-8-9-6/h1-4H. The molecule has 0 saturated carbocycles. The van der Waals surface area contributed by atoms with Gasteiger partial charge in [-0.1, -0.05) is 5.16 Å². The lowest BCUT2D eigenvalue weighted by molar-refractivity contribution is 0.433. The summed E-state index contributed by atoms with van der Waals surface area (Å²) in [5.41, 5.74) is 0. The van der Waals surface area contributed by atoms with Crippen LogP contribution < -0.4 is 0 Å². The summed E-state index contributed by atoms with van der Waals surface area (Å²) in [4.78, 5) is 1.07. The molecular formula is C7H4NOS. The third-order valence-electron chi connectivity index (χ3n) is 1.15. The van der Waals surface area contributed by atoms with Crippen LogP contribution in [0.5, 0.6) is 0 Å². The maximum atomic E-state index is 4.92. The highest BCUT2D eigenvalue weighted by Gasteiger charge is 2.00. The van der Waals surface area contributed by atoms with Crippen LogP contribution in [0.4, 0.5) is 0 Å². The molecular weight excluding hydrogens is 146 g/mol. The van der Waals surface area contributed by atoms with Crippen molar-refractivity contribution in [1.29, 1.82) is 0 Å². The zero-order chi connectivity index (χ0) is 6.81. The Morgan fingerprint density at radius 1 is 1.50 bits per heavy atom. The van der Waals surface area contributed by atoms with Gasteiger partial charge in [0.2, 0.25) is 0 Å². The lowest BCUT2D eigenvalue weighted by atomic mass is 10.4. The summed E-state index contributed by atoms with van der Waals surface area (Å²) in [6.45, 7) is 0. The zero-order valence-electron chi connectivity index (χ0n) is 5.07. The van der Waals surface area contributed by atoms with Crippen LogP contribution in [0, 0.1) is 5.38 Å². The summed E-state index contributed by atoms with van der Waals surface area (Å²) < 4.78 is 4.92. The average Bonchev–Trinajstić information content (AvgIpc) is 2.59. The Balaban J connectivity index is 2.48. The molecule has 49 valence electrons. The lowest BCUT2D eigenvalue weighted by Crippen LogP contribution is -1.59. The second-order valence-electron chi connectivity index (χ2n) is 1.79. The molecule has 0 spiro atoms. The first-order valence-corrected chi connectivity index (χ1v) is 3.65. The predicted molar refractivity (Wildman–Crippen MR) is 38.7 cm³/mol. The van der Waals surface area contributed by atoms with Gasteiger partial charge in [0.25, 0.3) is 0 Å². The van der Waals surface area contributed by atoms with Crippen LogP contribution in [0.25, 0.3) is 10.6 Å². The molecule has 0 bridgehead atoms. The zero-order valence-corrected chi connectivity index (χ0v) is 5.89. The van der Waals surface area contributed by atoms with Crippen LogP contribution in [-0.4, -0.2) is 5.16 Å². The van der Waals surface area contributed by atoms with Crippen LogP contribution in [0.1, 0.15) is 0 Å². The van der Waals surface area contributed by atoms with Crippen molar-refractivity contribution >= 4 is 11.3 Å². The predicted octanol–water partition coefficient (Wildman–Crippen LogP) is 2.20. The third-order valence-corrected chi connectivity index (χ3v) is 1.96. The molecule has 3 heteroatoms. The van der Waals surface area contributed by atoms with E-state index in [2.05, 4.69) is 10.5 Å². The van der Waals surface area contributed by atoms with E-state index in [-0.39, 0.29) is 0 Å². The first-order valence-electron chi connectivity index (χ1n) is 2.84. The molecule has 0 aliphatic rings. The van der Waals surface area contributed by atoms with Gasteiger partial charge >= 0.3 is 0 Å². The Hall–Kier alpha value is -1.09. The van der Waals surface area contributed by atoms with Gasteiger partial charge in [-0.15, -0.1) is 11.3 Å². The maximum Gasteiger partial charge on any atom is 0.176 e. The molecule has 2 heterocycles. The Kier molecular flexibility index (Phi) is 1.29. The van der Waals surface area contributed by atoms with Gasteiger partial charge in [-0.3, -0.25) is 0 Å². The van der Waals surface area contributed by atoms with Crippen molar-refractivity contribution in [2.24, 2.45) is 0 Å². The molecule has 0 saturated heterocycles. The lowest BCUT2D eigenvalue weighted by Gasteiger charge is -1.82. The van der Waals surface area contributed by atoms with E-state index in [0.717, 1.165) is 10.6 Å². The highest BCUT2D eigenvalue weighted by molar-refractivity contribution is 7.13. The molecule has 0 N–H and O–H groups in total. The summed E-state index contributed by atoms with van der Waals surface area (Å²) in [6, 6.07) is 5.65. The van der Waals surface area contributed by atoms with E-state index in [1.165, 1.54) is 11.3 Å². The van der Waals surface area contributed by atoms with Crippen molar-refractivity contribution < 1.29 is 4.52 Å². The van der Waals surface area contributed by atoms with Gasteiger partial charge < -0.3 is 4.52 Å². The fourth-order valence-electron chi connectivity index (χ4n) is 0.717. The second-order valence-corrected chi connectivity index (χ2v) is 2.67. The monoisotopic (exact) mass is 150 g/mol. The number of nitrogens with zero attached hydrogens (tertiary/aromatic N) is 1. The molecule has 2 nitrogen and oxygen atoms in total. The van der Waals surface area contributed by atoms with Gasteiger partial charge in [0.15, 0.2) is 5.76 Å². The minimum absolute atomic E-state index is 0.811. The SMILES string of the molecule is [c]1ccc(-c2ccno2)s1. The highest BCUT2D eigenvalue weighted by atomic mass is 32.1. The van der Waals surface area contributed by atoms with Gasteiger partial charge in [0, 0.05) is 11.4 Å². The maximum absolute atomic E-state index is 4.92. The van der Waals surface area contributed by atoms with Crippen LogP contribution in [0.15, 0.2) is 28.9 Å². The molecule has 2 aromatic rings. The fraction of sp³-hybridized carbons (Fsp3) is 0. The quantitative estimate of drug-likeness (QED) is 0.622. The number of hydrogen-bond acceptors (Lipinski definition) is 3. The van der Waals surface area contributed by atoms with E-state index in [0.29, 0.717) is 0 Å². The van der Waals surface area contributed by atoms with E-state index in [4.69, 9.17) is 4.52 Å². The normalized spacial score (nSPS) is 10.0. The highest BCUT2D eigenvalue weighted by Crippen LogP contribution is 2.22. The summed E-state index contributed by atoms with van der Waals surface area (Å²) in [5, 5.41) is 6.57. The molecule has 10 heavy (non-hydrogen) atoms. The first-order chi connectivity index (χ1) is 4.97. The van der Waals surface area contributed by atoms with Crippen LogP contribution in [-0.2, 0) is 0 Å². The minimum Gasteiger partial charge on any atom is -0.355 e. The van der Waals surface area contributed by atoms with E-state index >= 15 is 0 Å². The minimum atomic E-state index is 0.811. The number of thiophene rings is 1. The van der Waals surface area contributed by atoms with Gasteiger partial charge in [-0.25, -0.2) is 0 Å². The Morgan fingerprint density at radius 3 is 3.10 bits per heavy atom. The smallest absolute Gasteiger partial charge is 0.176 e. The van der Waals surface area contributed by atoms with E-state index in [1.54, 1.807) is 6.20 Å². The average molecular weight is 150 g/mol. The van der Waals surface area contributed by atoms with E-state index < -0.39 is 0 Å². The van der Waals surface area contributed by atoms with Gasteiger partial charge in [0.1, 0.15) is 0 Å². The fourth-order valence-corrected chi connectivity index (χ4v) is 1.32. The van der Waals surface area contributed by atoms with Gasteiger partial charge in [0.05, 0.1) is 11.1 Å². The third kappa shape index (κ3) is 0.844. The summed E-state index contributed by atoms with van der Waals surface area (Å²) >= 11 is 1.52. The molecule has 0 aromatic carbocycles. The van der Waals surface area contributed by atoms with Gasteiger partial charge in [-0.05, 0) is 12.1 Å². The molecule has 0 aliphatic heterocycles. The van der Waals surface area contributed by atoms with E-state index in [9.17, 15) is 0 Å². The van der Waals surface area contributed by atoms with Crippen molar-refractivity contribution in [3.8, 4) is 10.6 Å². The number of aromatic nitrogens is 1. The van der Waals surface area contributed by atoms with Crippen molar-refractivity contribution in [3.05, 3.63) is 29.8 Å². The van der Waals surface area contributed by atoms with Crippen LogP contribution >= 0.6 is 11.3 Å². The molecule has 1 radical (unpaired) electrons. The Morgan fingerprint density at radius 2 is 2.50 bits per heavy atom. The van der Waals surface area contributed by atoms with Crippen molar-refractivity contribution in [3.63, 3.8) is 0 Å². The Bertz CT molecular complexity index is 253. The molecule has 2 rings (SSSR count). The van der Waals surface area contributed by atoms with Gasteiger partial charge in [-0.2, -0.15) is 0 Å². The summed E-state index contributed by atoms with van der Waals surface area (Å²) in [5.74, 6) is 0.811. The van der Waals surface area contributed by atoms with Crippen molar-refractivity contribution in [1.82, 2.24) is 5.16 Å². The van der Waals surface area contributed by atoms with E-state index in [1.807, 2.05) is 18.2 Å². The van der Waals surface area contributed by atoms with Crippen molar-refractivity contribution in [2.75, 3.05) is 0 Å². The molecule has 0 aliphatic carbocycles. The largest absolute Gasteiger partial charge is 0.355 e. The topological polar surface area (TPSA) is 26.0 Å². The van der Waals surface area contributed by atoms with Crippen LogP contribution in [0.3, 0.4) is 0 Å². The van der Waals surface area contributed by atoms with Crippen molar-refractivity contribution in [2.45, 2.75) is 0 Å². The molecule has 2 aromatic heterocycles. The number of hydrogen-bond donors (Lipinski definition) is 0. The summed E-state index contributed by atoms with van der Waals surface area (Å²) in [6.07, 6.45) is 1.63. The molecule has 0 atom stereocenters. The first kappa shape index (κ1) is 5.68. The molecule has 0 amide bonds. The van der Waals surface area contributed by atoms with Crippen LogP contribution in [0.2, 0.25) is 0 Å². The summed E-state index contributed by atoms with van der Waals surface area (Å²) in [7, 11) is 0. The number of rotatable bonds is 1. The molecule has 0 fully saturated rings. The molecule has 0 unspecified atom stereocenters. The Labute approximate surface area is 62.1 Å². The second kappa shape index (κ2) is 2.27.